The fourth-order valence-corrected chi connectivity index (χ4v) is 3.51. The van der Waals surface area contributed by atoms with Gasteiger partial charge >= 0.3 is 0 Å². The van der Waals surface area contributed by atoms with E-state index in [1.54, 1.807) is 12.1 Å². The van der Waals surface area contributed by atoms with Crippen LogP contribution in [0.5, 0.6) is 17.2 Å². The van der Waals surface area contributed by atoms with Gasteiger partial charge in [0.1, 0.15) is 18.6 Å². The molecule has 0 atom stereocenters. The molecular weight excluding hydrogens is 410 g/mol. The molecule has 2 N–H and O–H groups in total. The smallest absolute Gasteiger partial charge is 0.185 e. The van der Waals surface area contributed by atoms with Crippen LogP contribution in [0, 0.1) is 6.20 Å². The number of nitrogens with one attached hydrogen (secondary N) is 1. The molecule has 3 aromatic rings. The van der Waals surface area contributed by atoms with Crippen LogP contribution in [-0.4, -0.2) is 62.4 Å². The highest BCUT2D eigenvalue weighted by molar-refractivity contribution is 7.91. The van der Waals surface area contributed by atoms with Crippen molar-refractivity contribution in [2.45, 2.75) is 0 Å². The number of nitrogens with zero attached hydrogens (tertiary/aromatic N) is 2. The first-order valence-corrected chi connectivity index (χ1v) is 10.9. The van der Waals surface area contributed by atoms with E-state index >= 15 is 0 Å². The lowest BCUT2D eigenvalue weighted by atomic mass is 10.2. The number of sulfone groups is 1. The number of hydrogen-bond donors (Lipinski definition) is 2. The number of anilines is 2. The first-order valence-electron chi connectivity index (χ1n) is 9.07. The van der Waals surface area contributed by atoms with Gasteiger partial charge in [-0.3, -0.25) is 0 Å². The summed E-state index contributed by atoms with van der Waals surface area (Å²) in [5, 5.41) is 11.9. The topological polar surface area (TPSA) is 120 Å². The maximum Gasteiger partial charge on any atom is 0.185 e. The molecule has 0 saturated carbocycles. The molecule has 0 bridgehead atoms. The number of aromatic nitrogens is 2. The highest BCUT2D eigenvalue weighted by Gasteiger charge is 2.17. The van der Waals surface area contributed by atoms with Crippen LogP contribution >= 0.6 is 0 Å². The molecule has 3 rings (SSSR count). The van der Waals surface area contributed by atoms with Crippen molar-refractivity contribution in [3.63, 3.8) is 0 Å². The number of aliphatic hydroxyl groups is 1. The fraction of sp³-hybridized carbons (Fsp3) is 0.300. The Morgan fingerprint density at radius 2 is 1.87 bits per heavy atom. The lowest BCUT2D eigenvalue weighted by molar-refractivity contribution is 0.308. The van der Waals surface area contributed by atoms with Gasteiger partial charge in [-0.15, -0.1) is 0 Å². The molecule has 0 fully saturated rings. The number of rotatable bonds is 10. The van der Waals surface area contributed by atoms with Crippen LogP contribution in [0.15, 0.2) is 36.4 Å². The van der Waals surface area contributed by atoms with Crippen molar-refractivity contribution in [3.05, 3.63) is 42.6 Å². The average molecular weight is 432 g/mol. The molecule has 2 aromatic carbocycles. The van der Waals surface area contributed by atoms with Gasteiger partial charge in [0.25, 0.3) is 0 Å². The van der Waals surface area contributed by atoms with Crippen LogP contribution in [0.25, 0.3) is 11.0 Å². The number of benzene rings is 2. The molecule has 0 amide bonds. The normalized spacial score (nSPS) is 11.3. The summed E-state index contributed by atoms with van der Waals surface area (Å²) in [5.74, 6) is 0.934. The SMILES string of the molecule is COc1cc(Nc2[c]nc3ccccc3n2)c(OCCS(=O)(=O)CCO)c(OC)c1. The fourth-order valence-electron chi connectivity index (χ4n) is 2.70. The molecule has 1 aromatic heterocycles. The lowest BCUT2D eigenvalue weighted by Crippen LogP contribution is -2.19. The average Bonchev–Trinajstić information content (AvgIpc) is 2.74. The minimum atomic E-state index is -3.42. The second-order valence-corrected chi connectivity index (χ2v) is 8.53. The number of ether oxygens (including phenoxy) is 3. The molecule has 9 nitrogen and oxygen atoms in total. The standard InChI is InChI=1S/C20H22N3O6S/c1-27-14-11-17(23-19-13-21-15-5-3-4-6-16(15)22-19)20(18(12-14)28-2)29-8-10-30(25,26)9-7-24/h3-6,11-12,24H,7-10H2,1-2H3,(H,22,23). The Morgan fingerprint density at radius 3 is 2.57 bits per heavy atom. The molecule has 0 unspecified atom stereocenters. The third-order valence-electron chi connectivity index (χ3n) is 4.18. The second-order valence-electron chi connectivity index (χ2n) is 6.23. The monoisotopic (exact) mass is 432 g/mol. The summed E-state index contributed by atoms with van der Waals surface area (Å²) in [5.41, 5.74) is 1.84. The van der Waals surface area contributed by atoms with Crippen molar-refractivity contribution in [2.24, 2.45) is 0 Å². The van der Waals surface area contributed by atoms with E-state index in [4.69, 9.17) is 19.3 Å². The minimum absolute atomic E-state index is 0.118. The third kappa shape index (κ3) is 5.28. The van der Waals surface area contributed by atoms with Crippen molar-refractivity contribution >= 4 is 32.4 Å². The summed E-state index contributed by atoms with van der Waals surface area (Å²) in [6.07, 6.45) is 2.83. The highest BCUT2D eigenvalue weighted by Crippen LogP contribution is 2.40. The van der Waals surface area contributed by atoms with Crippen LogP contribution in [0.1, 0.15) is 0 Å². The van der Waals surface area contributed by atoms with Gasteiger partial charge in [0.05, 0.1) is 49.1 Å². The van der Waals surface area contributed by atoms with E-state index in [1.807, 2.05) is 24.3 Å². The van der Waals surface area contributed by atoms with Gasteiger partial charge in [-0.2, -0.15) is 0 Å². The summed E-state index contributed by atoms with van der Waals surface area (Å²) in [4.78, 5) is 8.73. The van der Waals surface area contributed by atoms with E-state index in [0.717, 1.165) is 0 Å². The van der Waals surface area contributed by atoms with Gasteiger partial charge in [-0.25, -0.2) is 18.4 Å². The summed E-state index contributed by atoms with van der Waals surface area (Å²) in [7, 11) is -0.435. The molecule has 30 heavy (non-hydrogen) atoms. The van der Waals surface area contributed by atoms with Crippen molar-refractivity contribution < 1.29 is 27.7 Å². The number of aliphatic hydroxyl groups excluding tert-OH is 1. The molecule has 1 heterocycles. The van der Waals surface area contributed by atoms with Gasteiger partial charge in [0, 0.05) is 12.1 Å². The van der Waals surface area contributed by atoms with E-state index in [-0.39, 0.29) is 18.1 Å². The van der Waals surface area contributed by atoms with Gasteiger partial charge in [-0.1, -0.05) is 12.1 Å². The van der Waals surface area contributed by atoms with Crippen molar-refractivity contribution in [1.29, 1.82) is 0 Å². The van der Waals surface area contributed by atoms with Crippen molar-refractivity contribution in [1.82, 2.24) is 9.97 Å². The maximum atomic E-state index is 11.8. The Kier molecular flexibility index (Phi) is 6.91. The van der Waals surface area contributed by atoms with Crippen molar-refractivity contribution in [3.8, 4) is 17.2 Å². The largest absolute Gasteiger partial charge is 0.497 e. The Balaban J connectivity index is 1.90. The van der Waals surface area contributed by atoms with Gasteiger partial charge in [0.2, 0.25) is 0 Å². The Hall–Kier alpha value is -3.11. The zero-order valence-corrected chi connectivity index (χ0v) is 17.4. The number of para-hydroxylation sites is 2. The summed E-state index contributed by atoms with van der Waals surface area (Å²) in [6, 6.07) is 10.7. The van der Waals surface area contributed by atoms with Crippen LogP contribution in [0.2, 0.25) is 0 Å². The van der Waals surface area contributed by atoms with Gasteiger partial charge in [-0.05, 0) is 12.1 Å². The van der Waals surface area contributed by atoms with E-state index in [0.29, 0.717) is 39.8 Å². The summed E-state index contributed by atoms with van der Waals surface area (Å²) in [6.45, 7) is -0.551. The highest BCUT2D eigenvalue weighted by atomic mass is 32.2. The molecule has 0 aliphatic carbocycles. The molecule has 1 radical (unpaired) electrons. The first-order chi connectivity index (χ1) is 14.5. The lowest BCUT2D eigenvalue weighted by Gasteiger charge is -2.17. The van der Waals surface area contributed by atoms with Crippen LogP contribution < -0.4 is 19.5 Å². The zero-order chi connectivity index (χ0) is 21.6. The van der Waals surface area contributed by atoms with E-state index in [9.17, 15) is 8.42 Å². The van der Waals surface area contributed by atoms with Gasteiger partial charge < -0.3 is 24.6 Å². The molecule has 0 spiro atoms. The molecule has 10 heteroatoms. The minimum Gasteiger partial charge on any atom is -0.497 e. The van der Waals surface area contributed by atoms with E-state index in [1.165, 1.54) is 14.2 Å². The third-order valence-corrected chi connectivity index (χ3v) is 5.77. The summed E-state index contributed by atoms with van der Waals surface area (Å²) >= 11 is 0. The summed E-state index contributed by atoms with van der Waals surface area (Å²) < 4.78 is 40.1. The van der Waals surface area contributed by atoms with Crippen LogP contribution in [0.4, 0.5) is 11.5 Å². The van der Waals surface area contributed by atoms with E-state index < -0.39 is 16.4 Å². The van der Waals surface area contributed by atoms with E-state index in [2.05, 4.69) is 21.5 Å². The Morgan fingerprint density at radius 1 is 1.10 bits per heavy atom. The van der Waals surface area contributed by atoms with Gasteiger partial charge in [0.15, 0.2) is 27.2 Å². The molecule has 0 saturated heterocycles. The van der Waals surface area contributed by atoms with Crippen LogP contribution in [-0.2, 0) is 9.84 Å². The zero-order valence-electron chi connectivity index (χ0n) is 16.6. The molecular formula is C20H22N3O6S. The molecule has 0 aliphatic heterocycles. The number of fused-ring (bicyclic) bond motifs is 1. The number of hydrogen-bond acceptors (Lipinski definition) is 9. The number of methoxy groups -OCH3 is 2. The Labute approximate surface area is 174 Å². The Bertz CT molecular complexity index is 1120. The predicted octanol–water partition coefficient (Wildman–Crippen LogP) is 1.98. The predicted molar refractivity (Wildman–Crippen MR) is 112 cm³/mol. The van der Waals surface area contributed by atoms with Crippen LogP contribution in [0.3, 0.4) is 0 Å². The molecule has 0 aliphatic rings. The first kappa shape index (κ1) is 21.6. The molecule has 159 valence electrons. The quantitative estimate of drug-likeness (QED) is 0.495. The van der Waals surface area contributed by atoms with Crippen molar-refractivity contribution in [2.75, 3.05) is 44.3 Å². The maximum absolute atomic E-state index is 11.8. The second kappa shape index (κ2) is 9.59.